The fourth-order valence-corrected chi connectivity index (χ4v) is 4.90. The van der Waals surface area contributed by atoms with Crippen molar-refractivity contribution in [2.24, 2.45) is 35.5 Å². The summed E-state index contributed by atoms with van der Waals surface area (Å²) >= 11 is 0. The fraction of sp³-hybridized carbons (Fsp3) is 0.818. The molecule has 0 heteroatoms. The first-order valence-electron chi connectivity index (χ1n) is 4.98. The summed E-state index contributed by atoms with van der Waals surface area (Å²) in [5.74, 6) is 6.87. The van der Waals surface area contributed by atoms with Gasteiger partial charge in [-0.1, -0.05) is 11.1 Å². The van der Waals surface area contributed by atoms with E-state index in [-0.39, 0.29) is 0 Å². The second-order valence-corrected chi connectivity index (χ2v) is 5.14. The van der Waals surface area contributed by atoms with Crippen LogP contribution in [0, 0.1) is 35.5 Å². The average molecular weight is 146 g/mol. The van der Waals surface area contributed by atoms with Crippen LogP contribution in [-0.4, -0.2) is 0 Å². The van der Waals surface area contributed by atoms with Gasteiger partial charge in [0, 0.05) is 0 Å². The summed E-state index contributed by atoms with van der Waals surface area (Å²) in [6.45, 7) is 4.79. The minimum atomic E-state index is 1.08. The Morgan fingerprint density at radius 3 is 1.82 bits per heavy atom. The Morgan fingerprint density at radius 1 is 0.909 bits per heavy atom. The zero-order chi connectivity index (χ0) is 7.33. The third-order valence-corrected chi connectivity index (χ3v) is 5.21. The monoisotopic (exact) mass is 146 g/mol. The maximum absolute atomic E-state index is 2.39. The summed E-state index contributed by atoms with van der Waals surface area (Å²) in [7, 11) is 0. The molecule has 0 aromatic heterocycles. The molecule has 0 saturated heterocycles. The van der Waals surface area contributed by atoms with Gasteiger partial charge in [-0.05, 0) is 55.8 Å². The molecule has 0 radical (unpaired) electrons. The molecule has 0 nitrogen and oxygen atoms in total. The zero-order valence-corrected chi connectivity index (χ0v) is 7.17. The van der Waals surface area contributed by atoms with Crippen LogP contribution in [0.3, 0.4) is 0 Å². The van der Waals surface area contributed by atoms with Crippen LogP contribution in [0.2, 0.25) is 0 Å². The highest BCUT2D eigenvalue weighted by molar-refractivity contribution is 5.41. The van der Waals surface area contributed by atoms with E-state index in [1.165, 1.54) is 17.8 Å². The summed E-state index contributed by atoms with van der Waals surface area (Å²) in [6, 6.07) is 0. The van der Waals surface area contributed by atoms with Crippen LogP contribution in [0.15, 0.2) is 11.1 Å². The molecule has 0 amide bonds. The molecule has 4 fully saturated rings. The smallest absolute Gasteiger partial charge is 0.0135 e. The van der Waals surface area contributed by atoms with Crippen LogP contribution in [0.4, 0.5) is 0 Å². The molecule has 0 heterocycles. The van der Waals surface area contributed by atoms with Crippen molar-refractivity contribution in [3.63, 3.8) is 0 Å². The van der Waals surface area contributed by atoms with Crippen LogP contribution >= 0.6 is 0 Å². The highest BCUT2D eigenvalue weighted by Gasteiger charge is 2.76. The third kappa shape index (κ3) is 0.335. The largest absolute Gasteiger partial charge is 0.0704 e. The highest BCUT2D eigenvalue weighted by Crippen LogP contribution is 2.81. The van der Waals surface area contributed by atoms with Crippen LogP contribution in [0.1, 0.15) is 20.3 Å². The van der Waals surface area contributed by atoms with Gasteiger partial charge in [0.2, 0.25) is 0 Å². The lowest BCUT2D eigenvalue weighted by Gasteiger charge is -2.11. The average Bonchev–Trinajstić information content (AvgIpc) is 2.39. The first-order valence-corrected chi connectivity index (χ1v) is 4.98. The van der Waals surface area contributed by atoms with Gasteiger partial charge >= 0.3 is 0 Å². The second-order valence-electron chi connectivity index (χ2n) is 5.14. The van der Waals surface area contributed by atoms with Crippen LogP contribution < -0.4 is 0 Å². The van der Waals surface area contributed by atoms with Gasteiger partial charge in [-0.2, -0.15) is 0 Å². The zero-order valence-electron chi connectivity index (χ0n) is 7.17. The van der Waals surface area contributed by atoms with Gasteiger partial charge in [0.25, 0.3) is 0 Å². The Hall–Kier alpha value is -0.260. The van der Waals surface area contributed by atoms with Gasteiger partial charge in [0.15, 0.2) is 0 Å². The molecule has 0 spiro atoms. The van der Waals surface area contributed by atoms with Crippen molar-refractivity contribution in [1.29, 1.82) is 0 Å². The Labute approximate surface area is 67.7 Å². The van der Waals surface area contributed by atoms with E-state index in [4.69, 9.17) is 0 Å². The molecule has 58 valence electrons. The molecule has 0 N–H and O–H groups in total. The lowest BCUT2D eigenvalue weighted by molar-refractivity contribution is 0.454. The molecule has 11 heavy (non-hydrogen) atoms. The third-order valence-electron chi connectivity index (χ3n) is 5.21. The molecule has 4 unspecified atom stereocenters. The van der Waals surface area contributed by atoms with Gasteiger partial charge in [-0.25, -0.2) is 0 Å². The van der Waals surface area contributed by atoms with Crippen molar-refractivity contribution in [3.05, 3.63) is 11.1 Å². The maximum Gasteiger partial charge on any atom is -0.0135 e. The molecule has 5 rings (SSSR count). The van der Waals surface area contributed by atoms with Gasteiger partial charge < -0.3 is 0 Å². The van der Waals surface area contributed by atoms with Crippen molar-refractivity contribution in [1.82, 2.24) is 0 Å². The Morgan fingerprint density at radius 2 is 1.45 bits per heavy atom. The summed E-state index contributed by atoms with van der Waals surface area (Å²) in [5, 5.41) is 0. The molecule has 0 aromatic rings. The molecular weight excluding hydrogens is 132 g/mol. The minimum Gasteiger partial charge on any atom is -0.0704 e. The Kier molecular flexibility index (Phi) is 0.596. The summed E-state index contributed by atoms with van der Waals surface area (Å²) in [6.07, 6.45) is 1.60. The predicted octanol–water partition coefficient (Wildman–Crippen LogP) is 2.46. The van der Waals surface area contributed by atoms with Gasteiger partial charge in [-0.15, -0.1) is 0 Å². The summed E-state index contributed by atoms with van der Waals surface area (Å²) < 4.78 is 0. The Bertz CT molecular complexity index is 260. The molecule has 0 aliphatic heterocycles. The molecule has 5 aliphatic carbocycles. The van der Waals surface area contributed by atoms with Crippen molar-refractivity contribution in [3.8, 4) is 0 Å². The van der Waals surface area contributed by atoms with Crippen molar-refractivity contribution >= 4 is 0 Å². The quantitative estimate of drug-likeness (QED) is 0.460. The maximum atomic E-state index is 2.39. The molecule has 5 aliphatic rings. The number of allylic oxidation sites excluding steroid dienone is 2. The SMILES string of the molecule is CC1=C(C)C2C3CC4C(C13)C42. The second kappa shape index (κ2) is 1.22. The van der Waals surface area contributed by atoms with Crippen molar-refractivity contribution in [2.75, 3.05) is 0 Å². The van der Waals surface area contributed by atoms with Crippen molar-refractivity contribution in [2.45, 2.75) is 20.3 Å². The highest BCUT2D eigenvalue weighted by atomic mass is 14.8. The number of hydrogen-bond acceptors (Lipinski definition) is 0. The fourth-order valence-electron chi connectivity index (χ4n) is 4.90. The molecular formula is C11H14. The van der Waals surface area contributed by atoms with E-state index in [9.17, 15) is 0 Å². The number of hydrogen-bond donors (Lipinski definition) is 0. The van der Waals surface area contributed by atoms with Gasteiger partial charge in [0.1, 0.15) is 0 Å². The number of rotatable bonds is 0. The predicted molar refractivity (Wildman–Crippen MR) is 43.9 cm³/mol. The van der Waals surface area contributed by atoms with Crippen LogP contribution in [-0.2, 0) is 0 Å². The van der Waals surface area contributed by atoms with E-state index < -0.39 is 0 Å². The topological polar surface area (TPSA) is 0 Å². The van der Waals surface area contributed by atoms with Gasteiger partial charge in [-0.3, -0.25) is 0 Å². The molecule has 4 atom stereocenters. The van der Waals surface area contributed by atoms with E-state index in [0.717, 1.165) is 17.8 Å². The van der Waals surface area contributed by atoms with Gasteiger partial charge in [0.05, 0.1) is 0 Å². The Balaban J connectivity index is 2.00. The van der Waals surface area contributed by atoms with E-state index >= 15 is 0 Å². The first-order chi connectivity index (χ1) is 5.30. The summed E-state index contributed by atoms with van der Waals surface area (Å²) in [5.41, 5.74) is 3.59. The molecule has 4 saturated carbocycles. The van der Waals surface area contributed by atoms with Crippen LogP contribution in [0.5, 0.6) is 0 Å². The standard InChI is InChI=1S/C11H14/c1-4-5(2)9-6-3-7-10(8(4)6)11(7)9/h6-11H,3H2,1-2H3. The molecule has 0 aromatic carbocycles. The van der Waals surface area contributed by atoms with E-state index in [2.05, 4.69) is 13.8 Å². The minimum absolute atomic E-state index is 1.08. The molecule has 6 bridgehead atoms. The summed E-state index contributed by atoms with van der Waals surface area (Å²) in [4.78, 5) is 0. The van der Waals surface area contributed by atoms with E-state index in [1.807, 2.05) is 0 Å². The normalized spacial score (nSPS) is 68.2. The first kappa shape index (κ1) is 5.40. The lowest BCUT2D eigenvalue weighted by atomic mass is 9.94. The lowest BCUT2D eigenvalue weighted by Crippen LogP contribution is -2.02. The van der Waals surface area contributed by atoms with Crippen molar-refractivity contribution < 1.29 is 0 Å². The van der Waals surface area contributed by atoms with E-state index in [0.29, 0.717) is 0 Å². The van der Waals surface area contributed by atoms with Crippen LogP contribution in [0.25, 0.3) is 0 Å². The van der Waals surface area contributed by atoms with E-state index in [1.54, 1.807) is 17.6 Å².